The molecule has 0 amide bonds. The summed E-state index contributed by atoms with van der Waals surface area (Å²) in [6.45, 7) is 0.379. The highest BCUT2D eigenvalue weighted by atomic mass is 35.5. The molecule has 0 atom stereocenters. The maximum Gasteiger partial charge on any atom is 0.232 e. The van der Waals surface area contributed by atoms with E-state index in [2.05, 4.69) is 21.4 Å². The predicted octanol–water partition coefficient (Wildman–Crippen LogP) is 5.49. The summed E-state index contributed by atoms with van der Waals surface area (Å²) in [4.78, 5) is 8.66. The Bertz CT molecular complexity index is 1300. The molecule has 0 saturated heterocycles. The molecule has 0 aliphatic rings. The molecule has 1 N–H and O–H groups in total. The van der Waals surface area contributed by atoms with Gasteiger partial charge < -0.3 is 19.5 Å². The Balaban J connectivity index is 1.58. The fraction of sp³-hybridized carbons (Fsp3) is 0.125. The Kier molecular flexibility index (Phi) is 6.24. The smallest absolute Gasteiger partial charge is 0.232 e. The number of halogens is 1. The van der Waals surface area contributed by atoms with Gasteiger partial charge in [-0.1, -0.05) is 23.7 Å². The van der Waals surface area contributed by atoms with E-state index in [-0.39, 0.29) is 0 Å². The summed E-state index contributed by atoms with van der Waals surface area (Å²) in [7, 11) is 3.08. The van der Waals surface area contributed by atoms with Crippen molar-refractivity contribution in [2.75, 3.05) is 19.5 Å². The van der Waals surface area contributed by atoms with Crippen molar-refractivity contribution >= 4 is 34.0 Å². The zero-order chi connectivity index (χ0) is 22.5. The average molecular weight is 447 g/mol. The summed E-state index contributed by atoms with van der Waals surface area (Å²) in [6.07, 6.45) is 1.52. The molecular weight excluding hydrogens is 428 g/mol. The van der Waals surface area contributed by atoms with Crippen LogP contribution < -0.4 is 19.5 Å². The van der Waals surface area contributed by atoms with Crippen molar-refractivity contribution in [3.05, 3.63) is 76.9 Å². The van der Waals surface area contributed by atoms with E-state index in [1.807, 2.05) is 36.4 Å². The number of rotatable bonds is 7. The highest BCUT2D eigenvalue weighted by Gasteiger charge is 2.13. The topological polar surface area (TPSA) is 89.3 Å². The van der Waals surface area contributed by atoms with Crippen molar-refractivity contribution in [1.82, 2.24) is 9.97 Å². The van der Waals surface area contributed by atoms with E-state index in [1.165, 1.54) is 13.3 Å². The molecule has 32 heavy (non-hydrogen) atoms. The number of nitriles is 1. The van der Waals surface area contributed by atoms with Gasteiger partial charge in [-0.05, 0) is 42.0 Å². The Morgan fingerprint density at radius 3 is 2.53 bits per heavy atom. The molecule has 160 valence electrons. The molecule has 0 radical (unpaired) electrons. The van der Waals surface area contributed by atoms with Gasteiger partial charge in [0.1, 0.15) is 23.8 Å². The van der Waals surface area contributed by atoms with Crippen LogP contribution in [0.15, 0.2) is 60.8 Å². The molecule has 1 aromatic heterocycles. The lowest BCUT2D eigenvalue weighted by molar-refractivity contribution is 0.284. The van der Waals surface area contributed by atoms with Gasteiger partial charge in [0.2, 0.25) is 5.88 Å². The molecule has 0 spiro atoms. The van der Waals surface area contributed by atoms with Gasteiger partial charge in [-0.3, -0.25) is 0 Å². The van der Waals surface area contributed by atoms with Crippen LogP contribution in [0.3, 0.4) is 0 Å². The molecule has 0 aliphatic heterocycles. The standard InChI is InChI=1S/C24H19ClN4O3/c1-30-22-11-17(7-10-21(22)32-14-15-3-5-16(25)6-4-15)28-19-8-9-20-24(18(19)12-26)29-23(31-2)13-27-20/h3-11,13,28H,14H2,1-2H3. The predicted molar refractivity (Wildman–Crippen MR) is 123 cm³/mol. The third-order valence-corrected chi connectivity index (χ3v) is 5.02. The van der Waals surface area contributed by atoms with Crippen LogP contribution in [0.5, 0.6) is 17.4 Å². The second-order valence-electron chi connectivity index (χ2n) is 6.79. The summed E-state index contributed by atoms with van der Waals surface area (Å²) >= 11 is 5.93. The minimum Gasteiger partial charge on any atom is -0.493 e. The zero-order valence-corrected chi connectivity index (χ0v) is 18.2. The quantitative estimate of drug-likeness (QED) is 0.401. The number of ether oxygens (including phenoxy) is 3. The number of aromatic nitrogens is 2. The summed E-state index contributed by atoms with van der Waals surface area (Å²) in [6, 6.07) is 18.7. The van der Waals surface area contributed by atoms with E-state index in [9.17, 15) is 5.26 Å². The molecule has 1 heterocycles. The molecule has 4 aromatic rings. The van der Waals surface area contributed by atoms with Gasteiger partial charge in [-0.2, -0.15) is 5.26 Å². The van der Waals surface area contributed by atoms with Gasteiger partial charge >= 0.3 is 0 Å². The minimum atomic E-state index is 0.343. The largest absolute Gasteiger partial charge is 0.493 e. The van der Waals surface area contributed by atoms with Crippen LogP contribution in [0.2, 0.25) is 5.02 Å². The number of fused-ring (bicyclic) bond motifs is 1. The molecule has 3 aromatic carbocycles. The van der Waals surface area contributed by atoms with Crippen LogP contribution in [0.4, 0.5) is 11.4 Å². The van der Waals surface area contributed by atoms with Crippen LogP contribution in [0.1, 0.15) is 11.1 Å². The summed E-state index contributed by atoms with van der Waals surface area (Å²) in [5.41, 5.74) is 3.76. The van der Waals surface area contributed by atoms with E-state index >= 15 is 0 Å². The minimum absolute atomic E-state index is 0.343. The van der Waals surface area contributed by atoms with Crippen molar-refractivity contribution in [2.24, 2.45) is 0 Å². The van der Waals surface area contributed by atoms with Crippen molar-refractivity contribution < 1.29 is 14.2 Å². The van der Waals surface area contributed by atoms with E-state index in [4.69, 9.17) is 25.8 Å². The molecule has 0 fully saturated rings. The van der Waals surface area contributed by atoms with Gasteiger partial charge in [0.15, 0.2) is 11.5 Å². The lowest BCUT2D eigenvalue weighted by Gasteiger charge is -2.14. The van der Waals surface area contributed by atoms with Gasteiger partial charge in [-0.15, -0.1) is 0 Å². The van der Waals surface area contributed by atoms with Crippen LogP contribution in [-0.4, -0.2) is 24.2 Å². The van der Waals surface area contributed by atoms with Crippen LogP contribution in [0.25, 0.3) is 11.0 Å². The third kappa shape index (κ3) is 4.51. The molecule has 0 unspecified atom stereocenters. The molecule has 0 bridgehead atoms. The average Bonchev–Trinajstić information content (AvgIpc) is 2.83. The zero-order valence-electron chi connectivity index (χ0n) is 17.4. The number of methoxy groups -OCH3 is 2. The van der Waals surface area contributed by atoms with Gasteiger partial charge in [0.05, 0.1) is 31.6 Å². The highest BCUT2D eigenvalue weighted by molar-refractivity contribution is 6.30. The first-order valence-corrected chi connectivity index (χ1v) is 10.0. The first kappa shape index (κ1) is 21.2. The lowest BCUT2D eigenvalue weighted by atomic mass is 10.1. The van der Waals surface area contributed by atoms with Crippen LogP contribution in [0, 0.1) is 11.3 Å². The first-order valence-electron chi connectivity index (χ1n) is 9.67. The monoisotopic (exact) mass is 446 g/mol. The van der Waals surface area contributed by atoms with Crippen molar-refractivity contribution in [3.63, 3.8) is 0 Å². The fourth-order valence-electron chi connectivity index (χ4n) is 3.14. The number of anilines is 2. The van der Waals surface area contributed by atoms with Gasteiger partial charge in [0.25, 0.3) is 0 Å². The van der Waals surface area contributed by atoms with Crippen LogP contribution >= 0.6 is 11.6 Å². The molecule has 8 heteroatoms. The number of nitrogens with zero attached hydrogens (tertiary/aromatic N) is 3. The number of hydrogen-bond acceptors (Lipinski definition) is 7. The maximum atomic E-state index is 9.75. The second kappa shape index (κ2) is 9.41. The first-order chi connectivity index (χ1) is 15.6. The van der Waals surface area contributed by atoms with Crippen LogP contribution in [-0.2, 0) is 6.61 Å². The molecular formula is C24H19ClN4O3. The number of hydrogen-bond donors (Lipinski definition) is 1. The summed E-state index contributed by atoms with van der Waals surface area (Å²) in [5.74, 6) is 1.50. The Hall–Kier alpha value is -4.02. The van der Waals surface area contributed by atoms with Crippen molar-refractivity contribution in [2.45, 2.75) is 6.61 Å². The van der Waals surface area contributed by atoms with Gasteiger partial charge in [0, 0.05) is 16.8 Å². The van der Waals surface area contributed by atoms with Crippen molar-refractivity contribution in [3.8, 4) is 23.4 Å². The van der Waals surface area contributed by atoms with E-state index in [1.54, 1.807) is 25.3 Å². The molecule has 7 nitrogen and oxygen atoms in total. The lowest BCUT2D eigenvalue weighted by Crippen LogP contribution is -2.00. The fourth-order valence-corrected chi connectivity index (χ4v) is 3.26. The molecule has 0 aliphatic carbocycles. The Morgan fingerprint density at radius 1 is 1.00 bits per heavy atom. The Morgan fingerprint density at radius 2 is 1.81 bits per heavy atom. The van der Waals surface area contributed by atoms with E-state index in [0.717, 1.165) is 11.3 Å². The molecule has 0 saturated carbocycles. The number of benzene rings is 3. The molecule has 4 rings (SSSR count). The maximum absolute atomic E-state index is 9.75. The van der Waals surface area contributed by atoms with Crippen molar-refractivity contribution in [1.29, 1.82) is 5.26 Å². The summed E-state index contributed by atoms with van der Waals surface area (Å²) < 4.78 is 16.5. The second-order valence-corrected chi connectivity index (χ2v) is 7.22. The number of nitrogens with one attached hydrogen (secondary N) is 1. The Labute approximate surface area is 190 Å². The summed E-state index contributed by atoms with van der Waals surface area (Å²) in [5, 5.41) is 13.7. The normalized spacial score (nSPS) is 10.4. The van der Waals surface area contributed by atoms with E-state index in [0.29, 0.717) is 51.3 Å². The SMILES string of the molecule is COc1cnc2ccc(Nc3ccc(OCc4ccc(Cl)cc4)c(OC)c3)c(C#N)c2n1. The van der Waals surface area contributed by atoms with E-state index < -0.39 is 0 Å². The third-order valence-electron chi connectivity index (χ3n) is 4.76. The van der Waals surface area contributed by atoms with Gasteiger partial charge in [-0.25, -0.2) is 9.97 Å². The highest BCUT2D eigenvalue weighted by Crippen LogP contribution is 2.34.